The first-order chi connectivity index (χ1) is 13.0. The van der Waals surface area contributed by atoms with E-state index in [2.05, 4.69) is 0 Å². The lowest BCUT2D eigenvalue weighted by atomic mass is 10.2. The van der Waals surface area contributed by atoms with E-state index >= 15 is 0 Å². The Hall–Kier alpha value is -2.96. The average molecular weight is 398 g/mol. The van der Waals surface area contributed by atoms with Gasteiger partial charge in [-0.25, -0.2) is 4.90 Å². The molecule has 0 unspecified atom stereocenters. The zero-order chi connectivity index (χ0) is 19.0. The summed E-state index contributed by atoms with van der Waals surface area (Å²) in [5.74, 6) is 0.575. The maximum atomic E-state index is 12.6. The number of thioether (sulfide) groups is 1. The molecule has 1 N–H and O–H groups in total. The molecule has 0 atom stereocenters. The van der Waals surface area contributed by atoms with Gasteiger partial charge < -0.3 is 9.52 Å². The van der Waals surface area contributed by atoms with Crippen LogP contribution in [-0.4, -0.2) is 16.3 Å². The number of imide groups is 1. The molecular weight excluding hydrogens is 386 g/mol. The fraction of sp³-hybridized carbons (Fsp3) is 0. The summed E-state index contributed by atoms with van der Waals surface area (Å²) in [6.07, 6.45) is 1.53. The molecule has 1 aliphatic rings. The predicted molar refractivity (Wildman–Crippen MR) is 106 cm³/mol. The monoisotopic (exact) mass is 397 g/mol. The Morgan fingerprint density at radius 1 is 1.04 bits per heavy atom. The lowest BCUT2D eigenvalue weighted by Crippen LogP contribution is -2.27. The van der Waals surface area contributed by atoms with Crippen LogP contribution in [0.25, 0.3) is 17.4 Å². The number of rotatable bonds is 3. The minimum Gasteiger partial charge on any atom is -0.508 e. The largest absolute Gasteiger partial charge is 0.508 e. The summed E-state index contributed by atoms with van der Waals surface area (Å²) in [5.41, 5.74) is 1.13. The van der Waals surface area contributed by atoms with Gasteiger partial charge in [0.1, 0.15) is 17.3 Å². The van der Waals surface area contributed by atoms with E-state index in [-0.39, 0.29) is 10.7 Å². The minimum atomic E-state index is -0.462. The van der Waals surface area contributed by atoms with E-state index in [1.54, 1.807) is 36.4 Å². The molecule has 1 aromatic heterocycles. The maximum Gasteiger partial charge on any atom is 0.298 e. The number of halogens is 1. The highest BCUT2D eigenvalue weighted by Crippen LogP contribution is 2.37. The molecule has 4 rings (SSSR count). The number of furan rings is 1. The molecular formula is C20H12ClNO4S. The minimum absolute atomic E-state index is 0.0206. The second-order valence-electron chi connectivity index (χ2n) is 5.75. The summed E-state index contributed by atoms with van der Waals surface area (Å²) >= 11 is 6.82. The third-order valence-electron chi connectivity index (χ3n) is 3.89. The van der Waals surface area contributed by atoms with Crippen molar-refractivity contribution in [3.8, 4) is 17.1 Å². The van der Waals surface area contributed by atoms with Crippen molar-refractivity contribution < 1.29 is 19.1 Å². The summed E-state index contributed by atoms with van der Waals surface area (Å²) < 4.78 is 5.76. The molecule has 3 aromatic rings. The Kier molecular flexibility index (Phi) is 4.51. The molecule has 2 heterocycles. The number of carbonyl (C=O) groups excluding carboxylic acids is 2. The zero-order valence-electron chi connectivity index (χ0n) is 13.8. The lowest BCUT2D eigenvalue weighted by molar-refractivity contribution is -0.113. The number of carbonyl (C=O) groups is 2. The number of amides is 2. The molecule has 134 valence electrons. The number of phenolic OH excluding ortho intramolecular Hbond substituents is 1. The lowest BCUT2D eigenvalue weighted by Gasteiger charge is -2.12. The van der Waals surface area contributed by atoms with Crippen molar-refractivity contribution in [2.75, 3.05) is 4.90 Å². The molecule has 27 heavy (non-hydrogen) atoms. The summed E-state index contributed by atoms with van der Waals surface area (Å²) in [6, 6.07) is 16.7. The van der Waals surface area contributed by atoms with Gasteiger partial charge in [0.15, 0.2) is 0 Å². The van der Waals surface area contributed by atoms with Crippen LogP contribution in [0.15, 0.2) is 70.0 Å². The highest BCUT2D eigenvalue weighted by atomic mass is 35.5. The van der Waals surface area contributed by atoms with Gasteiger partial charge in [-0.15, -0.1) is 0 Å². The standard InChI is InChI=1S/C20H12ClNO4S/c21-13-4-1-3-12(9-13)17-8-7-16(26-17)11-18-19(24)22(20(25)27-18)14-5-2-6-15(23)10-14/h1-11,23H/b18-11-. The van der Waals surface area contributed by atoms with Gasteiger partial charge in [-0.3, -0.25) is 9.59 Å². The molecule has 0 radical (unpaired) electrons. The highest BCUT2D eigenvalue weighted by Gasteiger charge is 2.36. The van der Waals surface area contributed by atoms with Gasteiger partial charge >= 0.3 is 0 Å². The Morgan fingerprint density at radius 2 is 1.85 bits per heavy atom. The van der Waals surface area contributed by atoms with Crippen LogP contribution in [0, 0.1) is 0 Å². The van der Waals surface area contributed by atoms with Gasteiger partial charge in [-0.05, 0) is 48.2 Å². The Bertz CT molecular complexity index is 1090. The molecule has 0 saturated carbocycles. The van der Waals surface area contributed by atoms with E-state index in [0.717, 1.165) is 22.2 Å². The van der Waals surface area contributed by atoms with Crippen molar-refractivity contribution in [2.45, 2.75) is 0 Å². The van der Waals surface area contributed by atoms with Gasteiger partial charge in [-0.2, -0.15) is 0 Å². The first-order valence-corrected chi connectivity index (χ1v) is 9.13. The van der Waals surface area contributed by atoms with Crippen LogP contribution < -0.4 is 4.90 Å². The van der Waals surface area contributed by atoms with Gasteiger partial charge in [0.2, 0.25) is 0 Å². The summed E-state index contributed by atoms with van der Waals surface area (Å²) in [7, 11) is 0. The van der Waals surface area contributed by atoms with E-state index < -0.39 is 11.1 Å². The second kappa shape index (κ2) is 6.98. The van der Waals surface area contributed by atoms with Crippen LogP contribution in [0.2, 0.25) is 5.02 Å². The van der Waals surface area contributed by atoms with Crippen LogP contribution >= 0.6 is 23.4 Å². The number of anilines is 1. The van der Waals surface area contributed by atoms with Crippen molar-refractivity contribution in [1.82, 2.24) is 0 Å². The Labute approximate surface area is 163 Å². The summed E-state index contributed by atoms with van der Waals surface area (Å²) in [4.78, 5) is 26.2. The van der Waals surface area contributed by atoms with E-state index in [4.69, 9.17) is 16.0 Å². The first-order valence-electron chi connectivity index (χ1n) is 7.94. The summed E-state index contributed by atoms with van der Waals surface area (Å²) in [5, 5.41) is 9.75. The van der Waals surface area contributed by atoms with E-state index in [0.29, 0.717) is 22.2 Å². The quantitative estimate of drug-likeness (QED) is 0.587. The SMILES string of the molecule is O=C1S/C(=C\c2ccc(-c3cccc(Cl)c3)o2)C(=O)N1c1cccc(O)c1. The van der Waals surface area contributed by atoms with Crippen LogP contribution in [0.1, 0.15) is 5.76 Å². The third kappa shape index (κ3) is 3.49. The number of nitrogens with zero attached hydrogens (tertiary/aromatic N) is 1. The van der Waals surface area contributed by atoms with Crippen molar-refractivity contribution >= 4 is 46.3 Å². The molecule has 0 aliphatic carbocycles. The van der Waals surface area contributed by atoms with Crippen LogP contribution in [-0.2, 0) is 4.79 Å². The van der Waals surface area contributed by atoms with Crippen LogP contribution in [0.3, 0.4) is 0 Å². The second-order valence-corrected chi connectivity index (χ2v) is 7.18. The van der Waals surface area contributed by atoms with Crippen LogP contribution in [0.4, 0.5) is 10.5 Å². The summed E-state index contributed by atoms with van der Waals surface area (Å²) in [6.45, 7) is 0. The molecule has 2 amide bonds. The van der Waals surface area contributed by atoms with Gasteiger partial charge in [-0.1, -0.05) is 29.8 Å². The maximum absolute atomic E-state index is 12.6. The number of phenols is 1. The molecule has 0 spiro atoms. The highest BCUT2D eigenvalue weighted by molar-refractivity contribution is 8.19. The van der Waals surface area contributed by atoms with Crippen molar-refractivity contribution in [2.24, 2.45) is 0 Å². The Balaban J connectivity index is 1.62. The molecule has 1 fully saturated rings. The number of hydrogen-bond acceptors (Lipinski definition) is 5. The number of benzene rings is 2. The molecule has 7 heteroatoms. The zero-order valence-corrected chi connectivity index (χ0v) is 15.3. The molecule has 5 nitrogen and oxygen atoms in total. The molecule has 0 bridgehead atoms. The van der Waals surface area contributed by atoms with E-state index in [1.165, 1.54) is 18.2 Å². The smallest absolute Gasteiger partial charge is 0.298 e. The van der Waals surface area contributed by atoms with Crippen LogP contribution in [0.5, 0.6) is 5.75 Å². The molecule has 2 aromatic carbocycles. The molecule has 1 saturated heterocycles. The van der Waals surface area contributed by atoms with E-state index in [9.17, 15) is 14.7 Å². The fourth-order valence-corrected chi connectivity index (χ4v) is 3.69. The number of aromatic hydroxyl groups is 1. The predicted octanol–water partition coefficient (Wildman–Crippen LogP) is 5.55. The Morgan fingerprint density at radius 3 is 2.63 bits per heavy atom. The fourth-order valence-electron chi connectivity index (χ4n) is 2.68. The van der Waals surface area contributed by atoms with Gasteiger partial charge in [0, 0.05) is 22.7 Å². The van der Waals surface area contributed by atoms with Crippen molar-refractivity contribution in [3.63, 3.8) is 0 Å². The molecule has 1 aliphatic heterocycles. The average Bonchev–Trinajstić information content (AvgIpc) is 3.20. The normalized spacial score (nSPS) is 15.7. The van der Waals surface area contributed by atoms with Crippen molar-refractivity contribution in [3.05, 3.63) is 76.4 Å². The number of hydrogen-bond donors (Lipinski definition) is 1. The van der Waals surface area contributed by atoms with Crippen molar-refractivity contribution in [1.29, 1.82) is 0 Å². The van der Waals surface area contributed by atoms with E-state index in [1.807, 2.05) is 12.1 Å². The van der Waals surface area contributed by atoms with Gasteiger partial charge in [0.25, 0.3) is 11.1 Å². The van der Waals surface area contributed by atoms with Gasteiger partial charge in [0.05, 0.1) is 10.6 Å². The first kappa shape index (κ1) is 17.5. The third-order valence-corrected chi connectivity index (χ3v) is 5.00. The topological polar surface area (TPSA) is 70.8 Å².